The van der Waals surface area contributed by atoms with Gasteiger partial charge in [0.05, 0.1) is 7.11 Å². The number of carbonyl (C=O) groups excluding carboxylic acids is 2. The number of ketones is 1. The first-order chi connectivity index (χ1) is 8.22. The van der Waals surface area contributed by atoms with Crippen molar-refractivity contribution in [2.45, 2.75) is 19.3 Å². The third kappa shape index (κ3) is 5.53. The van der Waals surface area contributed by atoms with E-state index in [1.54, 1.807) is 0 Å². The molecule has 0 bridgehead atoms. The highest BCUT2D eigenvalue weighted by Gasteiger charge is 2.02. The van der Waals surface area contributed by atoms with Gasteiger partial charge in [-0.2, -0.15) is 0 Å². The highest BCUT2D eigenvalue weighted by Crippen LogP contribution is 1.99. The molecule has 0 aliphatic carbocycles. The maximum atomic E-state index is 11.4. The zero-order chi connectivity index (χ0) is 12.5. The van der Waals surface area contributed by atoms with Crippen molar-refractivity contribution < 1.29 is 14.3 Å². The van der Waals surface area contributed by atoms with Gasteiger partial charge in [-0.15, -0.1) is 0 Å². The van der Waals surface area contributed by atoms with Crippen LogP contribution in [0.4, 0.5) is 0 Å². The van der Waals surface area contributed by atoms with Crippen LogP contribution in [-0.4, -0.2) is 18.9 Å². The maximum absolute atomic E-state index is 11.4. The fourth-order valence-corrected chi connectivity index (χ4v) is 1.22. The lowest BCUT2D eigenvalue weighted by Crippen LogP contribution is -2.01. The Morgan fingerprint density at radius 1 is 1.18 bits per heavy atom. The van der Waals surface area contributed by atoms with Crippen LogP contribution in [0.3, 0.4) is 0 Å². The Morgan fingerprint density at radius 3 is 2.53 bits per heavy atom. The monoisotopic (exact) mass is 230 g/mol. The van der Waals surface area contributed by atoms with E-state index >= 15 is 0 Å². The van der Waals surface area contributed by atoms with Crippen LogP contribution in [0.15, 0.2) is 30.3 Å². The molecule has 0 unspecified atom stereocenters. The molecule has 0 spiro atoms. The molecule has 1 aromatic carbocycles. The number of benzene rings is 1. The second-order valence-corrected chi connectivity index (χ2v) is 3.47. The van der Waals surface area contributed by atoms with Crippen LogP contribution < -0.4 is 0 Å². The molecule has 0 heterocycles. The summed E-state index contributed by atoms with van der Waals surface area (Å²) < 4.78 is 4.48. The number of hydrogen-bond donors (Lipinski definition) is 0. The summed E-state index contributed by atoms with van der Waals surface area (Å²) in [5.41, 5.74) is 0.814. The van der Waals surface area contributed by atoms with E-state index in [0.717, 1.165) is 5.56 Å². The maximum Gasteiger partial charge on any atom is 0.305 e. The third-order valence-corrected chi connectivity index (χ3v) is 2.13. The number of hydrogen-bond acceptors (Lipinski definition) is 3. The molecule has 1 aromatic rings. The third-order valence-electron chi connectivity index (χ3n) is 2.13. The van der Waals surface area contributed by atoms with Gasteiger partial charge in [0, 0.05) is 18.4 Å². The Hall–Kier alpha value is -2.08. The first-order valence-electron chi connectivity index (χ1n) is 5.39. The average molecular weight is 230 g/mol. The molecule has 0 fully saturated rings. The van der Waals surface area contributed by atoms with Crippen LogP contribution in [-0.2, 0) is 14.3 Å². The van der Waals surface area contributed by atoms with Crippen molar-refractivity contribution in [1.82, 2.24) is 0 Å². The summed E-state index contributed by atoms with van der Waals surface area (Å²) in [6, 6.07) is 9.31. The number of Topliss-reactive ketones (excluding diaryl/α,β-unsaturated/α-hetero) is 1. The van der Waals surface area contributed by atoms with E-state index in [2.05, 4.69) is 16.6 Å². The lowest BCUT2D eigenvalue weighted by atomic mass is 10.1. The van der Waals surface area contributed by atoms with Crippen molar-refractivity contribution in [2.75, 3.05) is 7.11 Å². The van der Waals surface area contributed by atoms with Gasteiger partial charge in [0.25, 0.3) is 0 Å². The first-order valence-corrected chi connectivity index (χ1v) is 5.39. The van der Waals surface area contributed by atoms with Gasteiger partial charge in [0.15, 0.2) is 0 Å². The van der Waals surface area contributed by atoms with Gasteiger partial charge in [0.1, 0.15) is 0 Å². The van der Waals surface area contributed by atoms with Crippen molar-refractivity contribution in [3.05, 3.63) is 35.9 Å². The molecule has 0 saturated heterocycles. The van der Waals surface area contributed by atoms with E-state index < -0.39 is 0 Å². The number of methoxy groups -OCH3 is 1. The molecule has 1 rings (SSSR count). The van der Waals surface area contributed by atoms with Gasteiger partial charge in [-0.05, 0) is 24.5 Å². The summed E-state index contributed by atoms with van der Waals surface area (Å²) >= 11 is 0. The minimum atomic E-state index is -0.297. The van der Waals surface area contributed by atoms with E-state index in [4.69, 9.17) is 0 Å². The summed E-state index contributed by atoms with van der Waals surface area (Å²) in [4.78, 5) is 22.2. The molecule has 3 heteroatoms. The Kier molecular flexibility index (Phi) is 5.53. The fourth-order valence-electron chi connectivity index (χ4n) is 1.22. The number of esters is 1. The van der Waals surface area contributed by atoms with Crippen LogP contribution in [0.25, 0.3) is 0 Å². The molecule has 0 radical (unpaired) electrons. The van der Waals surface area contributed by atoms with Crippen LogP contribution in [0.1, 0.15) is 24.8 Å². The largest absolute Gasteiger partial charge is 0.469 e. The van der Waals surface area contributed by atoms with E-state index in [1.807, 2.05) is 30.3 Å². The molecular formula is C14H14O3. The summed E-state index contributed by atoms with van der Waals surface area (Å²) in [5, 5.41) is 0. The fraction of sp³-hybridized carbons (Fsp3) is 0.286. The lowest BCUT2D eigenvalue weighted by Gasteiger charge is -1.95. The summed E-state index contributed by atoms with van der Waals surface area (Å²) in [6.45, 7) is 0. The van der Waals surface area contributed by atoms with Crippen molar-refractivity contribution >= 4 is 11.8 Å². The molecular weight excluding hydrogens is 216 g/mol. The summed E-state index contributed by atoms with van der Waals surface area (Å²) in [6.07, 6.45) is 1.03. The minimum Gasteiger partial charge on any atom is -0.469 e. The van der Waals surface area contributed by atoms with Crippen molar-refractivity contribution in [1.29, 1.82) is 0 Å². The standard InChI is InChI=1S/C14H14O3/c1-17-14(16)9-5-8-13(15)11-10-12-6-3-2-4-7-12/h2-4,6-7H,5,8-9H2,1H3. The molecule has 0 aromatic heterocycles. The van der Waals surface area contributed by atoms with Gasteiger partial charge in [0.2, 0.25) is 5.78 Å². The molecule has 0 aliphatic rings. The van der Waals surface area contributed by atoms with Crippen molar-refractivity contribution in [2.24, 2.45) is 0 Å². The second-order valence-electron chi connectivity index (χ2n) is 3.47. The molecule has 17 heavy (non-hydrogen) atoms. The van der Waals surface area contributed by atoms with Crippen LogP contribution >= 0.6 is 0 Å². The van der Waals surface area contributed by atoms with Gasteiger partial charge < -0.3 is 4.74 Å². The second kappa shape index (κ2) is 7.24. The van der Waals surface area contributed by atoms with E-state index in [9.17, 15) is 9.59 Å². The molecule has 3 nitrogen and oxygen atoms in total. The van der Waals surface area contributed by atoms with Crippen LogP contribution in [0.2, 0.25) is 0 Å². The highest BCUT2D eigenvalue weighted by atomic mass is 16.5. The normalized spacial score (nSPS) is 9.00. The lowest BCUT2D eigenvalue weighted by molar-refractivity contribution is -0.140. The molecule has 0 saturated carbocycles. The van der Waals surface area contributed by atoms with E-state index in [1.165, 1.54) is 7.11 Å². The average Bonchev–Trinajstić information content (AvgIpc) is 2.37. The number of carbonyl (C=O) groups is 2. The molecule has 0 amide bonds. The molecule has 0 atom stereocenters. The van der Waals surface area contributed by atoms with Crippen molar-refractivity contribution in [3.63, 3.8) is 0 Å². The summed E-state index contributed by atoms with van der Waals surface area (Å²) in [7, 11) is 1.33. The van der Waals surface area contributed by atoms with Gasteiger partial charge in [-0.3, -0.25) is 9.59 Å². The van der Waals surface area contributed by atoms with Gasteiger partial charge in [-0.1, -0.05) is 24.1 Å². The zero-order valence-corrected chi connectivity index (χ0v) is 9.73. The Bertz CT molecular complexity index is 438. The number of ether oxygens (including phenoxy) is 1. The first kappa shape index (κ1) is 13.0. The molecule has 0 N–H and O–H groups in total. The van der Waals surface area contributed by atoms with Crippen molar-refractivity contribution in [3.8, 4) is 11.8 Å². The predicted molar refractivity (Wildman–Crippen MR) is 64.2 cm³/mol. The van der Waals surface area contributed by atoms with Crippen LogP contribution in [0.5, 0.6) is 0 Å². The van der Waals surface area contributed by atoms with Crippen LogP contribution in [0, 0.1) is 11.8 Å². The van der Waals surface area contributed by atoms with Gasteiger partial charge >= 0.3 is 5.97 Å². The highest BCUT2D eigenvalue weighted by molar-refractivity contribution is 5.96. The topological polar surface area (TPSA) is 43.4 Å². The molecule has 88 valence electrons. The minimum absolute atomic E-state index is 0.155. The summed E-state index contributed by atoms with van der Waals surface area (Å²) in [5.74, 6) is 4.88. The van der Waals surface area contributed by atoms with Gasteiger partial charge in [-0.25, -0.2) is 0 Å². The smallest absolute Gasteiger partial charge is 0.305 e. The van der Waals surface area contributed by atoms with E-state index in [-0.39, 0.29) is 24.6 Å². The van der Waals surface area contributed by atoms with E-state index in [0.29, 0.717) is 6.42 Å². The Morgan fingerprint density at radius 2 is 1.88 bits per heavy atom. The quantitative estimate of drug-likeness (QED) is 0.586. The Balaban J connectivity index is 2.35. The zero-order valence-electron chi connectivity index (χ0n) is 9.73. The number of rotatable bonds is 4. The molecule has 0 aliphatic heterocycles. The predicted octanol–water partition coefficient (Wildman–Crippen LogP) is 1.95. The Labute approximate surface area is 101 Å². The SMILES string of the molecule is COC(=O)CCCC(=O)C#Cc1ccccc1.